The van der Waals surface area contributed by atoms with Gasteiger partial charge in [0.05, 0.1) is 4.90 Å². The lowest BCUT2D eigenvalue weighted by molar-refractivity contribution is -0.131. The van der Waals surface area contributed by atoms with Crippen molar-refractivity contribution in [2.75, 3.05) is 6.54 Å². The predicted molar refractivity (Wildman–Crippen MR) is 71.3 cm³/mol. The zero-order chi connectivity index (χ0) is 15.2. The summed E-state index contributed by atoms with van der Waals surface area (Å²) in [6, 6.07) is 5.96. The zero-order valence-corrected chi connectivity index (χ0v) is 11.3. The molecular formula is C12H14N2O5S. The van der Waals surface area contributed by atoms with Crippen LogP contribution in [0.4, 0.5) is 0 Å². The highest BCUT2D eigenvalue weighted by Crippen LogP contribution is 2.08. The van der Waals surface area contributed by atoms with Crippen molar-refractivity contribution < 1.29 is 23.1 Å². The fourth-order valence-corrected chi connectivity index (χ4v) is 1.90. The summed E-state index contributed by atoms with van der Waals surface area (Å²) in [5, 5.41) is 15.8. The molecule has 1 aromatic carbocycles. The second-order valence-corrected chi connectivity index (χ2v) is 5.46. The Bertz CT molecular complexity index is 620. The first-order valence-corrected chi connectivity index (χ1v) is 7.14. The standard InChI is InChI=1S/C12H14N2O5S/c13-20(18,19)10-3-1-9(2-4-10)7-8-14-11(15)5-6-12(16)17/h1-6H,7-8H2,(H,14,15)(H,16,17)(H2,13,18,19)/b6-5-. The SMILES string of the molecule is NS(=O)(=O)c1ccc(CCNC(=O)/C=C\C(=O)O)cc1. The molecule has 0 heterocycles. The molecule has 0 saturated carbocycles. The lowest BCUT2D eigenvalue weighted by Crippen LogP contribution is -2.23. The van der Waals surface area contributed by atoms with Crippen LogP contribution >= 0.6 is 0 Å². The van der Waals surface area contributed by atoms with Crippen LogP contribution in [-0.2, 0) is 26.0 Å². The van der Waals surface area contributed by atoms with Gasteiger partial charge in [-0.2, -0.15) is 0 Å². The van der Waals surface area contributed by atoms with Crippen LogP contribution in [0.1, 0.15) is 5.56 Å². The summed E-state index contributed by atoms with van der Waals surface area (Å²) in [5.41, 5.74) is 0.819. The van der Waals surface area contributed by atoms with E-state index in [-0.39, 0.29) is 4.90 Å². The van der Waals surface area contributed by atoms with E-state index in [2.05, 4.69) is 5.32 Å². The van der Waals surface area contributed by atoms with Gasteiger partial charge in [-0.3, -0.25) is 4.79 Å². The molecule has 0 aliphatic rings. The minimum Gasteiger partial charge on any atom is -0.478 e. The molecule has 0 unspecified atom stereocenters. The van der Waals surface area contributed by atoms with Gasteiger partial charge in [0, 0.05) is 18.7 Å². The van der Waals surface area contributed by atoms with Crippen LogP contribution in [0.2, 0.25) is 0 Å². The van der Waals surface area contributed by atoms with Crippen LogP contribution in [-0.4, -0.2) is 31.9 Å². The summed E-state index contributed by atoms with van der Waals surface area (Å²) < 4.78 is 22.1. The van der Waals surface area contributed by atoms with E-state index >= 15 is 0 Å². The maximum absolute atomic E-state index is 11.2. The molecule has 1 rings (SSSR count). The monoisotopic (exact) mass is 298 g/mol. The molecule has 0 bridgehead atoms. The Morgan fingerprint density at radius 2 is 1.80 bits per heavy atom. The predicted octanol–water partition coefficient (Wildman–Crippen LogP) is -0.367. The number of carboxylic acids is 1. The molecule has 7 nitrogen and oxygen atoms in total. The van der Waals surface area contributed by atoms with Gasteiger partial charge < -0.3 is 10.4 Å². The van der Waals surface area contributed by atoms with E-state index in [1.54, 1.807) is 12.1 Å². The van der Waals surface area contributed by atoms with Gasteiger partial charge >= 0.3 is 5.97 Å². The van der Waals surface area contributed by atoms with Crippen LogP contribution < -0.4 is 10.5 Å². The number of aliphatic carboxylic acids is 1. The molecule has 0 aliphatic heterocycles. The molecule has 0 atom stereocenters. The summed E-state index contributed by atoms with van der Waals surface area (Å²) in [5.74, 6) is -1.70. The number of carbonyl (C=O) groups excluding carboxylic acids is 1. The number of carbonyl (C=O) groups is 2. The van der Waals surface area contributed by atoms with Gasteiger partial charge in [-0.1, -0.05) is 12.1 Å². The van der Waals surface area contributed by atoms with Gasteiger partial charge in [-0.15, -0.1) is 0 Å². The van der Waals surface area contributed by atoms with Gasteiger partial charge in [0.15, 0.2) is 0 Å². The number of primary sulfonamides is 1. The number of hydrogen-bond acceptors (Lipinski definition) is 4. The molecule has 1 aromatic rings. The number of rotatable bonds is 6. The number of amides is 1. The Kier molecular flexibility index (Phi) is 5.42. The lowest BCUT2D eigenvalue weighted by atomic mass is 10.1. The average Bonchev–Trinajstić information content (AvgIpc) is 2.36. The third kappa shape index (κ3) is 5.63. The summed E-state index contributed by atoms with van der Waals surface area (Å²) >= 11 is 0. The van der Waals surface area contributed by atoms with Crippen molar-refractivity contribution in [1.82, 2.24) is 5.32 Å². The van der Waals surface area contributed by atoms with Gasteiger partial charge in [0.25, 0.3) is 0 Å². The number of nitrogens with two attached hydrogens (primary N) is 1. The van der Waals surface area contributed by atoms with E-state index in [0.717, 1.165) is 17.7 Å². The van der Waals surface area contributed by atoms with Gasteiger partial charge in [-0.05, 0) is 24.1 Å². The van der Waals surface area contributed by atoms with Crippen LogP contribution in [0.25, 0.3) is 0 Å². The molecule has 1 amide bonds. The third-order valence-electron chi connectivity index (χ3n) is 2.34. The quantitative estimate of drug-likeness (QED) is 0.618. The normalized spacial score (nSPS) is 11.4. The van der Waals surface area contributed by atoms with Crippen molar-refractivity contribution in [1.29, 1.82) is 0 Å². The van der Waals surface area contributed by atoms with Crippen molar-refractivity contribution >= 4 is 21.9 Å². The minimum atomic E-state index is -3.70. The third-order valence-corrected chi connectivity index (χ3v) is 3.27. The first-order chi connectivity index (χ1) is 9.29. The number of hydrogen-bond donors (Lipinski definition) is 3. The number of sulfonamides is 1. The molecule has 0 aliphatic carbocycles. The van der Waals surface area contributed by atoms with Crippen molar-refractivity contribution in [2.45, 2.75) is 11.3 Å². The first kappa shape index (κ1) is 15.9. The average molecular weight is 298 g/mol. The van der Waals surface area contributed by atoms with Crippen LogP contribution in [0.3, 0.4) is 0 Å². The Morgan fingerprint density at radius 3 is 2.30 bits per heavy atom. The Morgan fingerprint density at radius 1 is 1.20 bits per heavy atom. The Balaban J connectivity index is 2.47. The highest BCUT2D eigenvalue weighted by atomic mass is 32.2. The highest BCUT2D eigenvalue weighted by Gasteiger charge is 2.06. The molecule has 0 radical (unpaired) electrons. The van der Waals surface area contributed by atoms with E-state index in [0.29, 0.717) is 13.0 Å². The van der Waals surface area contributed by atoms with Crippen molar-refractivity contribution in [3.8, 4) is 0 Å². The maximum Gasteiger partial charge on any atom is 0.328 e. The number of carboxylic acid groups (broad SMARTS) is 1. The molecule has 0 fully saturated rings. The van der Waals surface area contributed by atoms with Gasteiger partial charge in [-0.25, -0.2) is 18.4 Å². The topological polar surface area (TPSA) is 127 Å². The number of benzene rings is 1. The summed E-state index contributed by atoms with van der Waals surface area (Å²) in [6.07, 6.45) is 2.15. The van der Waals surface area contributed by atoms with Crippen molar-refractivity contribution in [2.24, 2.45) is 5.14 Å². The summed E-state index contributed by atoms with van der Waals surface area (Å²) in [6.45, 7) is 0.303. The van der Waals surface area contributed by atoms with Gasteiger partial charge in [0.2, 0.25) is 15.9 Å². The number of nitrogens with one attached hydrogen (secondary N) is 1. The second kappa shape index (κ2) is 6.83. The van der Waals surface area contributed by atoms with Crippen molar-refractivity contribution in [3.05, 3.63) is 42.0 Å². The Labute approximate surface area is 116 Å². The van der Waals surface area contributed by atoms with Gasteiger partial charge in [0.1, 0.15) is 0 Å². The largest absolute Gasteiger partial charge is 0.478 e. The molecule has 0 spiro atoms. The summed E-state index contributed by atoms with van der Waals surface area (Å²) in [7, 11) is -3.70. The second-order valence-electron chi connectivity index (χ2n) is 3.90. The van der Waals surface area contributed by atoms with Crippen LogP contribution in [0.5, 0.6) is 0 Å². The smallest absolute Gasteiger partial charge is 0.328 e. The molecule has 0 aromatic heterocycles. The zero-order valence-electron chi connectivity index (χ0n) is 10.4. The maximum atomic E-state index is 11.2. The molecule has 0 saturated heterocycles. The molecule has 4 N–H and O–H groups in total. The van der Waals surface area contributed by atoms with Crippen molar-refractivity contribution in [3.63, 3.8) is 0 Å². The fourth-order valence-electron chi connectivity index (χ4n) is 1.38. The first-order valence-electron chi connectivity index (χ1n) is 5.59. The summed E-state index contributed by atoms with van der Waals surface area (Å²) in [4.78, 5) is 21.4. The fraction of sp³-hybridized carbons (Fsp3) is 0.167. The van der Waals surface area contributed by atoms with E-state index in [9.17, 15) is 18.0 Å². The lowest BCUT2D eigenvalue weighted by Gasteiger charge is -2.04. The van der Waals surface area contributed by atoms with Crippen LogP contribution in [0.15, 0.2) is 41.3 Å². The van der Waals surface area contributed by atoms with Crippen LogP contribution in [0, 0.1) is 0 Å². The molecule has 108 valence electrons. The van der Waals surface area contributed by atoms with E-state index in [4.69, 9.17) is 10.2 Å². The molecule has 20 heavy (non-hydrogen) atoms. The Hall–Kier alpha value is -2.19. The van der Waals surface area contributed by atoms with E-state index in [1.165, 1.54) is 12.1 Å². The minimum absolute atomic E-state index is 0.0228. The molecular weight excluding hydrogens is 284 g/mol. The highest BCUT2D eigenvalue weighted by molar-refractivity contribution is 7.89. The van der Waals surface area contributed by atoms with E-state index < -0.39 is 21.9 Å². The van der Waals surface area contributed by atoms with E-state index in [1.807, 2.05) is 0 Å². The molecule has 8 heteroatoms.